The summed E-state index contributed by atoms with van der Waals surface area (Å²) in [4.78, 5) is 7.33. The Morgan fingerprint density at radius 1 is 1.67 bits per heavy atom. The lowest BCUT2D eigenvalue weighted by molar-refractivity contribution is 0.735. The molecule has 0 aromatic carbocycles. The van der Waals surface area contributed by atoms with Gasteiger partial charge in [-0.1, -0.05) is 13.8 Å². The first-order valence-electron chi connectivity index (χ1n) is 5.33. The summed E-state index contributed by atoms with van der Waals surface area (Å²) in [5.74, 6) is 1.15. The fourth-order valence-electron chi connectivity index (χ4n) is 1.38. The van der Waals surface area contributed by atoms with Gasteiger partial charge in [0.05, 0.1) is 0 Å². The van der Waals surface area contributed by atoms with Crippen LogP contribution in [0.25, 0.3) is 6.08 Å². The molecule has 1 heterocycles. The van der Waals surface area contributed by atoms with E-state index in [9.17, 15) is 0 Å². The predicted octanol–water partition coefficient (Wildman–Crippen LogP) is 3.19. The van der Waals surface area contributed by atoms with E-state index in [1.165, 1.54) is 0 Å². The molecule has 3 heteroatoms. The normalized spacial score (nSPS) is 14.0. The second kappa shape index (κ2) is 4.91. The van der Waals surface area contributed by atoms with Crippen molar-refractivity contribution in [2.45, 2.75) is 34.1 Å². The lowest BCUT2D eigenvalue weighted by atomic mass is 9.97. The lowest BCUT2D eigenvalue weighted by Gasteiger charge is -2.10. The Labute approximate surface area is 91.1 Å². The number of aromatic amines is 1. The molecule has 0 spiro atoms. The number of aromatic nitrogens is 2. The smallest absolute Gasteiger partial charge is 0.130 e. The first-order chi connectivity index (χ1) is 7.04. The van der Waals surface area contributed by atoms with Gasteiger partial charge in [0.25, 0.3) is 0 Å². The zero-order chi connectivity index (χ0) is 11.4. The third kappa shape index (κ3) is 3.05. The van der Waals surface area contributed by atoms with E-state index in [1.54, 1.807) is 6.20 Å². The molecule has 0 radical (unpaired) electrons. The summed E-state index contributed by atoms with van der Waals surface area (Å²) in [6, 6.07) is 0. The van der Waals surface area contributed by atoms with Crippen LogP contribution in [0.3, 0.4) is 0 Å². The molecule has 1 atom stereocenters. The Bertz CT molecular complexity index is 374. The summed E-state index contributed by atoms with van der Waals surface area (Å²) in [5, 5.41) is 7.95. The van der Waals surface area contributed by atoms with Crippen LogP contribution in [0.5, 0.6) is 0 Å². The van der Waals surface area contributed by atoms with Crippen LogP contribution in [-0.4, -0.2) is 15.7 Å². The van der Waals surface area contributed by atoms with Crippen molar-refractivity contribution in [3.8, 4) is 0 Å². The molecule has 0 amide bonds. The molecule has 3 nitrogen and oxygen atoms in total. The van der Waals surface area contributed by atoms with Crippen molar-refractivity contribution in [1.29, 1.82) is 5.41 Å². The first-order valence-corrected chi connectivity index (χ1v) is 5.33. The van der Waals surface area contributed by atoms with Crippen LogP contribution in [-0.2, 0) is 0 Å². The van der Waals surface area contributed by atoms with E-state index >= 15 is 0 Å². The molecule has 0 bridgehead atoms. The third-order valence-electron chi connectivity index (χ3n) is 2.61. The first kappa shape index (κ1) is 11.7. The minimum Gasteiger partial charge on any atom is -0.343 e. The van der Waals surface area contributed by atoms with E-state index in [4.69, 9.17) is 5.41 Å². The molecule has 1 unspecified atom stereocenters. The highest BCUT2D eigenvalue weighted by atomic mass is 14.9. The summed E-state index contributed by atoms with van der Waals surface area (Å²) >= 11 is 0. The average Bonchev–Trinajstić information content (AvgIpc) is 2.61. The fourth-order valence-corrected chi connectivity index (χ4v) is 1.38. The number of nitrogens with zero attached hydrogens (tertiary/aromatic N) is 1. The molecule has 0 aliphatic heterocycles. The van der Waals surface area contributed by atoms with Crippen molar-refractivity contribution in [2.75, 3.05) is 0 Å². The van der Waals surface area contributed by atoms with Crippen molar-refractivity contribution in [3.63, 3.8) is 0 Å². The van der Waals surface area contributed by atoms with Gasteiger partial charge in [-0.15, -0.1) is 0 Å². The molecule has 1 rings (SSSR count). The van der Waals surface area contributed by atoms with E-state index in [0.29, 0.717) is 11.6 Å². The van der Waals surface area contributed by atoms with Gasteiger partial charge < -0.3 is 10.4 Å². The minimum absolute atomic E-state index is 0.317. The molecule has 1 aromatic rings. The molecule has 0 saturated carbocycles. The van der Waals surface area contributed by atoms with Crippen LogP contribution in [0.1, 0.15) is 38.7 Å². The molecule has 0 saturated heterocycles. The molecule has 1 aromatic heterocycles. The fraction of sp³-hybridized carbons (Fsp3) is 0.500. The zero-order valence-corrected chi connectivity index (χ0v) is 9.89. The summed E-state index contributed by atoms with van der Waals surface area (Å²) < 4.78 is 0. The molecule has 82 valence electrons. The molecular formula is C12H19N3. The highest BCUT2D eigenvalue weighted by Gasteiger charge is 2.08. The minimum atomic E-state index is 0.317. The van der Waals surface area contributed by atoms with Crippen LogP contribution in [0.2, 0.25) is 0 Å². The Morgan fingerprint density at radius 3 is 2.80 bits per heavy atom. The third-order valence-corrected chi connectivity index (χ3v) is 2.61. The molecular weight excluding hydrogens is 186 g/mol. The standard InChI is InChI=1S/C12H19N3/c1-5-8(2)12(13)9(3)6-11-14-7-10(4)15-11/h6-8,13H,5H2,1-4H3,(H,14,15)/b9-6-,13-12?. The SMILES string of the molecule is CCC(C)C(=N)/C(C)=C\c1ncc(C)[nH]1. The van der Waals surface area contributed by atoms with Crippen LogP contribution < -0.4 is 0 Å². The van der Waals surface area contributed by atoms with Gasteiger partial charge in [0.2, 0.25) is 0 Å². The Balaban J connectivity index is 2.80. The van der Waals surface area contributed by atoms with E-state index in [0.717, 1.165) is 23.5 Å². The van der Waals surface area contributed by atoms with E-state index in [2.05, 4.69) is 23.8 Å². The van der Waals surface area contributed by atoms with Gasteiger partial charge in [0, 0.05) is 17.6 Å². The van der Waals surface area contributed by atoms with Crippen LogP contribution in [0.15, 0.2) is 11.8 Å². The summed E-state index contributed by atoms with van der Waals surface area (Å²) in [5.41, 5.74) is 2.73. The quantitative estimate of drug-likeness (QED) is 0.729. The van der Waals surface area contributed by atoms with Gasteiger partial charge in [0.1, 0.15) is 5.82 Å². The van der Waals surface area contributed by atoms with Crippen molar-refractivity contribution in [2.24, 2.45) is 5.92 Å². The second-order valence-electron chi connectivity index (χ2n) is 4.00. The van der Waals surface area contributed by atoms with Crippen LogP contribution in [0, 0.1) is 18.3 Å². The van der Waals surface area contributed by atoms with Crippen molar-refractivity contribution in [1.82, 2.24) is 9.97 Å². The summed E-state index contributed by atoms with van der Waals surface area (Å²) in [6.07, 6.45) is 4.73. The Kier molecular flexibility index (Phi) is 3.83. The van der Waals surface area contributed by atoms with Crippen molar-refractivity contribution >= 4 is 11.8 Å². The number of rotatable bonds is 4. The Morgan fingerprint density at radius 2 is 2.33 bits per heavy atom. The van der Waals surface area contributed by atoms with Crippen LogP contribution >= 0.6 is 0 Å². The monoisotopic (exact) mass is 205 g/mol. The van der Waals surface area contributed by atoms with Gasteiger partial charge in [0.15, 0.2) is 0 Å². The second-order valence-corrected chi connectivity index (χ2v) is 4.00. The van der Waals surface area contributed by atoms with Crippen molar-refractivity contribution in [3.05, 3.63) is 23.3 Å². The number of H-pyrrole nitrogens is 1. The van der Waals surface area contributed by atoms with Crippen molar-refractivity contribution < 1.29 is 0 Å². The molecule has 2 N–H and O–H groups in total. The van der Waals surface area contributed by atoms with Gasteiger partial charge in [-0.05, 0) is 37.8 Å². The van der Waals surface area contributed by atoms with E-state index in [-0.39, 0.29) is 0 Å². The maximum Gasteiger partial charge on any atom is 0.130 e. The molecule has 15 heavy (non-hydrogen) atoms. The number of hydrogen-bond acceptors (Lipinski definition) is 2. The highest BCUT2D eigenvalue weighted by molar-refractivity contribution is 6.02. The van der Waals surface area contributed by atoms with Gasteiger partial charge >= 0.3 is 0 Å². The van der Waals surface area contributed by atoms with Gasteiger partial charge in [-0.2, -0.15) is 0 Å². The predicted molar refractivity (Wildman–Crippen MR) is 64.2 cm³/mol. The van der Waals surface area contributed by atoms with E-state index < -0.39 is 0 Å². The molecule has 0 aliphatic rings. The number of hydrogen-bond donors (Lipinski definition) is 2. The highest BCUT2D eigenvalue weighted by Crippen LogP contribution is 2.12. The summed E-state index contributed by atoms with van der Waals surface area (Å²) in [6.45, 7) is 8.11. The molecule has 0 fully saturated rings. The van der Waals surface area contributed by atoms with Crippen LogP contribution in [0.4, 0.5) is 0 Å². The largest absolute Gasteiger partial charge is 0.343 e. The van der Waals surface area contributed by atoms with Gasteiger partial charge in [-0.3, -0.25) is 0 Å². The number of aryl methyl sites for hydroxylation is 1. The zero-order valence-electron chi connectivity index (χ0n) is 9.89. The van der Waals surface area contributed by atoms with Gasteiger partial charge in [-0.25, -0.2) is 4.98 Å². The Hall–Kier alpha value is -1.38. The number of imidazole rings is 1. The number of nitrogens with one attached hydrogen (secondary N) is 2. The summed E-state index contributed by atoms with van der Waals surface area (Å²) in [7, 11) is 0. The molecule has 0 aliphatic carbocycles. The number of allylic oxidation sites excluding steroid dienone is 1. The lowest BCUT2D eigenvalue weighted by Crippen LogP contribution is -2.09. The maximum absolute atomic E-state index is 7.95. The topological polar surface area (TPSA) is 52.5 Å². The van der Waals surface area contributed by atoms with E-state index in [1.807, 2.05) is 19.9 Å². The maximum atomic E-state index is 7.95. The average molecular weight is 205 g/mol.